The van der Waals surface area contributed by atoms with E-state index in [1.165, 1.54) is 17.8 Å². The molecule has 0 aromatic carbocycles. The first-order chi connectivity index (χ1) is 9.56. The lowest BCUT2D eigenvalue weighted by atomic mass is 9.86. The highest BCUT2D eigenvalue weighted by Gasteiger charge is 2.23. The van der Waals surface area contributed by atoms with E-state index in [1.807, 2.05) is 13.0 Å². The van der Waals surface area contributed by atoms with Crippen LogP contribution in [0.1, 0.15) is 47.2 Å². The SMILES string of the molecule is Cc1ccc(C(=O)OCC(=O)N[C@@H]2CCCC[C@@H]2C)s1. The van der Waals surface area contributed by atoms with Gasteiger partial charge in [0.15, 0.2) is 6.61 Å². The van der Waals surface area contributed by atoms with Crippen molar-refractivity contribution < 1.29 is 14.3 Å². The minimum atomic E-state index is -0.421. The van der Waals surface area contributed by atoms with Crippen LogP contribution >= 0.6 is 11.3 Å². The molecule has 0 saturated heterocycles. The lowest BCUT2D eigenvalue weighted by Crippen LogP contribution is -2.42. The van der Waals surface area contributed by atoms with Gasteiger partial charge in [-0.2, -0.15) is 0 Å². The molecule has 1 heterocycles. The van der Waals surface area contributed by atoms with Crippen LogP contribution in [0, 0.1) is 12.8 Å². The number of aryl methyl sites for hydroxylation is 1. The van der Waals surface area contributed by atoms with E-state index in [9.17, 15) is 9.59 Å². The molecule has 5 heteroatoms. The largest absolute Gasteiger partial charge is 0.451 e. The predicted molar refractivity (Wildman–Crippen MR) is 78.9 cm³/mol. The van der Waals surface area contributed by atoms with Gasteiger partial charge in [-0.25, -0.2) is 4.79 Å². The fraction of sp³-hybridized carbons (Fsp3) is 0.600. The standard InChI is InChI=1S/C15H21NO3S/c1-10-5-3-4-6-12(10)16-14(17)9-19-15(18)13-8-7-11(2)20-13/h7-8,10,12H,3-6,9H2,1-2H3,(H,16,17)/t10-,12+/m0/s1. The second-order valence-corrected chi connectivity index (χ2v) is 6.71. The van der Waals surface area contributed by atoms with Gasteiger partial charge in [-0.1, -0.05) is 19.8 Å². The van der Waals surface area contributed by atoms with Gasteiger partial charge in [0, 0.05) is 10.9 Å². The number of thiophene rings is 1. The van der Waals surface area contributed by atoms with Gasteiger partial charge >= 0.3 is 5.97 Å². The minimum Gasteiger partial charge on any atom is -0.451 e. The van der Waals surface area contributed by atoms with Crippen LogP contribution in [0.25, 0.3) is 0 Å². The maximum absolute atomic E-state index is 11.8. The minimum absolute atomic E-state index is 0.195. The topological polar surface area (TPSA) is 55.4 Å². The van der Waals surface area contributed by atoms with Crippen molar-refractivity contribution >= 4 is 23.2 Å². The highest BCUT2D eigenvalue weighted by atomic mass is 32.1. The zero-order valence-corrected chi connectivity index (χ0v) is 12.8. The number of rotatable bonds is 4. The Kier molecular flexibility index (Phi) is 5.17. The van der Waals surface area contributed by atoms with Crippen molar-refractivity contribution in [3.8, 4) is 0 Å². The summed E-state index contributed by atoms with van der Waals surface area (Å²) in [5, 5.41) is 2.97. The van der Waals surface area contributed by atoms with Crippen molar-refractivity contribution in [1.82, 2.24) is 5.32 Å². The maximum atomic E-state index is 11.8. The Labute approximate surface area is 123 Å². The highest BCUT2D eigenvalue weighted by Crippen LogP contribution is 2.23. The molecule has 110 valence electrons. The lowest BCUT2D eigenvalue weighted by Gasteiger charge is -2.29. The Hall–Kier alpha value is -1.36. The molecule has 1 aromatic rings. The molecule has 0 aliphatic heterocycles. The predicted octanol–water partition coefficient (Wildman–Crippen LogP) is 2.91. The summed E-state index contributed by atoms with van der Waals surface area (Å²) < 4.78 is 5.04. The van der Waals surface area contributed by atoms with Crippen molar-refractivity contribution in [3.63, 3.8) is 0 Å². The van der Waals surface area contributed by atoms with Crippen LogP contribution in [-0.4, -0.2) is 24.5 Å². The number of esters is 1. The van der Waals surface area contributed by atoms with Crippen LogP contribution in [0.15, 0.2) is 12.1 Å². The van der Waals surface area contributed by atoms with Crippen LogP contribution in [0.3, 0.4) is 0 Å². The summed E-state index contributed by atoms with van der Waals surface area (Å²) in [5.74, 6) is -0.122. The molecule has 4 nitrogen and oxygen atoms in total. The van der Waals surface area contributed by atoms with Crippen molar-refractivity contribution in [2.45, 2.75) is 45.6 Å². The fourth-order valence-electron chi connectivity index (χ4n) is 2.53. The first-order valence-corrected chi connectivity index (χ1v) is 7.91. The number of ether oxygens (including phenoxy) is 1. The average molecular weight is 295 g/mol. The molecule has 1 aliphatic carbocycles. The first kappa shape index (κ1) is 15.0. The zero-order valence-electron chi connectivity index (χ0n) is 12.0. The molecular formula is C15H21NO3S. The summed E-state index contributed by atoms with van der Waals surface area (Å²) in [5.41, 5.74) is 0. The molecule has 0 radical (unpaired) electrons. The van der Waals surface area contributed by atoms with Gasteiger partial charge in [-0.15, -0.1) is 11.3 Å². The van der Waals surface area contributed by atoms with Crippen LogP contribution in [0.5, 0.6) is 0 Å². The molecule has 0 unspecified atom stereocenters. The normalized spacial score (nSPS) is 22.3. The van der Waals surface area contributed by atoms with Gasteiger partial charge in [0.05, 0.1) is 0 Å². The number of carbonyl (C=O) groups excluding carboxylic acids is 2. The Morgan fingerprint density at radius 2 is 2.10 bits per heavy atom. The Bertz CT molecular complexity index is 483. The number of amides is 1. The number of nitrogens with one attached hydrogen (secondary N) is 1. The summed E-state index contributed by atoms with van der Waals surface area (Å²) in [6.07, 6.45) is 4.56. The van der Waals surface area contributed by atoms with E-state index in [0.717, 1.165) is 24.1 Å². The molecule has 1 N–H and O–H groups in total. The monoisotopic (exact) mass is 295 g/mol. The molecule has 1 fully saturated rings. The number of hydrogen-bond donors (Lipinski definition) is 1. The Morgan fingerprint density at radius 1 is 1.35 bits per heavy atom. The average Bonchev–Trinajstić information content (AvgIpc) is 2.85. The van der Waals surface area contributed by atoms with Gasteiger partial charge in [0.1, 0.15) is 4.88 Å². The van der Waals surface area contributed by atoms with Crippen molar-refractivity contribution in [2.24, 2.45) is 5.92 Å². The van der Waals surface area contributed by atoms with E-state index in [4.69, 9.17) is 4.74 Å². The van der Waals surface area contributed by atoms with Crippen molar-refractivity contribution in [3.05, 3.63) is 21.9 Å². The summed E-state index contributed by atoms with van der Waals surface area (Å²) in [6, 6.07) is 3.81. The highest BCUT2D eigenvalue weighted by molar-refractivity contribution is 7.13. The van der Waals surface area contributed by atoms with E-state index in [1.54, 1.807) is 6.07 Å². The molecule has 1 aliphatic rings. The van der Waals surface area contributed by atoms with E-state index >= 15 is 0 Å². The molecule has 0 bridgehead atoms. The molecule has 2 rings (SSSR count). The van der Waals surface area contributed by atoms with E-state index in [-0.39, 0.29) is 18.6 Å². The molecular weight excluding hydrogens is 274 g/mol. The summed E-state index contributed by atoms with van der Waals surface area (Å²) in [4.78, 5) is 25.1. The zero-order chi connectivity index (χ0) is 14.5. The third kappa shape index (κ3) is 4.07. The number of hydrogen-bond acceptors (Lipinski definition) is 4. The molecule has 1 saturated carbocycles. The van der Waals surface area contributed by atoms with Gasteiger partial charge < -0.3 is 10.1 Å². The van der Waals surface area contributed by atoms with E-state index in [2.05, 4.69) is 12.2 Å². The number of carbonyl (C=O) groups is 2. The third-order valence-corrected chi connectivity index (χ3v) is 4.71. The summed E-state index contributed by atoms with van der Waals surface area (Å²) >= 11 is 1.38. The van der Waals surface area contributed by atoms with Gasteiger partial charge in [-0.05, 0) is 37.8 Å². The van der Waals surface area contributed by atoms with E-state index in [0.29, 0.717) is 10.8 Å². The smallest absolute Gasteiger partial charge is 0.348 e. The molecule has 1 aromatic heterocycles. The first-order valence-electron chi connectivity index (χ1n) is 7.09. The van der Waals surface area contributed by atoms with Crippen molar-refractivity contribution in [1.29, 1.82) is 0 Å². The molecule has 0 spiro atoms. The van der Waals surface area contributed by atoms with Crippen molar-refractivity contribution in [2.75, 3.05) is 6.61 Å². The molecule has 2 atom stereocenters. The van der Waals surface area contributed by atoms with Gasteiger partial charge in [0.2, 0.25) is 0 Å². The van der Waals surface area contributed by atoms with Crippen LogP contribution < -0.4 is 5.32 Å². The van der Waals surface area contributed by atoms with E-state index < -0.39 is 5.97 Å². The lowest BCUT2D eigenvalue weighted by molar-refractivity contribution is -0.125. The fourth-order valence-corrected chi connectivity index (χ4v) is 3.29. The van der Waals surface area contributed by atoms with Crippen LogP contribution in [0.2, 0.25) is 0 Å². The van der Waals surface area contributed by atoms with Gasteiger partial charge in [0.25, 0.3) is 5.91 Å². The Balaban J connectivity index is 1.76. The second kappa shape index (κ2) is 6.88. The van der Waals surface area contributed by atoms with Crippen LogP contribution in [0.4, 0.5) is 0 Å². The summed E-state index contributed by atoms with van der Waals surface area (Å²) in [6.45, 7) is 3.89. The maximum Gasteiger partial charge on any atom is 0.348 e. The quantitative estimate of drug-likeness (QED) is 0.869. The summed E-state index contributed by atoms with van der Waals surface area (Å²) in [7, 11) is 0. The second-order valence-electron chi connectivity index (χ2n) is 5.42. The Morgan fingerprint density at radius 3 is 2.75 bits per heavy atom. The van der Waals surface area contributed by atoms with Crippen LogP contribution in [-0.2, 0) is 9.53 Å². The molecule has 1 amide bonds. The molecule has 20 heavy (non-hydrogen) atoms. The van der Waals surface area contributed by atoms with Gasteiger partial charge in [-0.3, -0.25) is 4.79 Å². The third-order valence-electron chi connectivity index (χ3n) is 3.73.